The van der Waals surface area contributed by atoms with Gasteiger partial charge in [0.15, 0.2) is 5.16 Å². The normalized spacial score (nSPS) is 11.1. The number of nitrogens with one attached hydrogen (secondary N) is 1. The third-order valence-corrected chi connectivity index (χ3v) is 4.25. The van der Waals surface area contributed by atoms with Crippen LogP contribution < -0.4 is 11.4 Å². The van der Waals surface area contributed by atoms with Crippen molar-refractivity contribution in [2.24, 2.45) is 0 Å². The number of rotatable bonds is 4. The number of H-pyrrole nitrogens is 1. The Morgan fingerprint density at radius 1 is 1.33 bits per heavy atom. The molecule has 2 aromatic heterocycles. The Kier molecular flexibility index (Phi) is 3.66. The van der Waals surface area contributed by atoms with Gasteiger partial charge in [-0.15, -0.1) is 5.10 Å². The van der Waals surface area contributed by atoms with E-state index in [4.69, 9.17) is 5.73 Å². The van der Waals surface area contributed by atoms with Gasteiger partial charge in [-0.25, -0.2) is 9.89 Å². The van der Waals surface area contributed by atoms with Crippen molar-refractivity contribution in [3.8, 4) is 0 Å². The summed E-state index contributed by atoms with van der Waals surface area (Å²) in [6.07, 6.45) is 4.37. The Morgan fingerprint density at radius 2 is 2.19 bits per heavy atom. The van der Waals surface area contributed by atoms with Crippen molar-refractivity contribution >= 4 is 28.2 Å². The number of aromatic nitrogens is 4. The molecule has 3 aromatic rings. The van der Waals surface area contributed by atoms with E-state index < -0.39 is 0 Å². The summed E-state index contributed by atoms with van der Waals surface area (Å²) in [5, 5.41) is 9.16. The number of nitrogens with zero attached hydrogens (tertiary/aromatic N) is 3. The Balaban J connectivity index is 2.07. The van der Waals surface area contributed by atoms with Gasteiger partial charge in [-0.05, 0) is 36.4 Å². The largest absolute Gasteiger partial charge is 0.398 e. The molecule has 21 heavy (non-hydrogen) atoms. The van der Waals surface area contributed by atoms with Crippen LogP contribution in [-0.2, 0) is 6.54 Å². The van der Waals surface area contributed by atoms with Gasteiger partial charge in [0, 0.05) is 40.3 Å². The van der Waals surface area contributed by atoms with Crippen molar-refractivity contribution < 1.29 is 0 Å². The molecule has 6 nitrogen and oxygen atoms in total. The first-order chi connectivity index (χ1) is 10.2. The highest BCUT2D eigenvalue weighted by molar-refractivity contribution is 7.99. The van der Waals surface area contributed by atoms with Gasteiger partial charge >= 0.3 is 5.69 Å². The lowest BCUT2D eigenvalue weighted by molar-refractivity contribution is 0.604. The van der Waals surface area contributed by atoms with Crippen molar-refractivity contribution in [1.82, 2.24) is 19.7 Å². The van der Waals surface area contributed by atoms with E-state index in [2.05, 4.69) is 15.2 Å². The molecule has 1 aromatic carbocycles. The standard InChI is InChI=1S/C14H15N5OS/c1-2-7-19-13(20)17-18-14(19)21-12-4-3-11(15)9-5-6-16-8-10(9)12/h3-6,8H,2,7,15H2,1H3,(H,17,20). The second kappa shape index (κ2) is 5.61. The smallest absolute Gasteiger partial charge is 0.343 e. The lowest BCUT2D eigenvalue weighted by Crippen LogP contribution is -2.17. The number of benzene rings is 1. The quantitative estimate of drug-likeness (QED) is 0.721. The number of hydrogen-bond acceptors (Lipinski definition) is 5. The lowest BCUT2D eigenvalue weighted by atomic mass is 10.1. The van der Waals surface area contributed by atoms with Crippen molar-refractivity contribution in [2.45, 2.75) is 29.9 Å². The molecule has 0 saturated heterocycles. The third kappa shape index (κ3) is 2.52. The molecule has 0 bridgehead atoms. The highest BCUT2D eigenvalue weighted by Gasteiger charge is 2.12. The molecule has 2 heterocycles. The first-order valence-corrected chi connectivity index (χ1v) is 7.47. The zero-order chi connectivity index (χ0) is 14.8. The fraction of sp³-hybridized carbons (Fsp3) is 0.214. The molecule has 0 aliphatic rings. The molecule has 0 fully saturated rings. The van der Waals surface area contributed by atoms with Crippen LogP contribution >= 0.6 is 11.8 Å². The van der Waals surface area contributed by atoms with Crippen LogP contribution in [0.25, 0.3) is 10.8 Å². The van der Waals surface area contributed by atoms with Gasteiger partial charge < -0.3 is 5.73 Å². The Morgan fingerprint density at radius 3 is 3.00 bits per heavy atom. The van der Waals surface area contributed by atoms with E-state index in [1.807, 2.05) is 25.1 Å². The number of pyridine rings is 1. The minimum atomic E-state index is -0.183. The Hall–Kier alpha value is -2.28. The van der Waals surface area contributed by atoms with Gasteiger partial charge in [-0.2, -0.15) is 0 Å². The number of fused-ring (bicyclic) bond motifs is 1. The highest BCUT2D eigenvalue weighted by atomic mass is 32.2. The summed E-state index contributed by atoms with van der Waals surface area (Å²) in [4.78, 5) is 16.9. The summed E-state index contributed by atoms with van der Waals surface area (Å²) in [6, 6.07) is 5.68. The maximum absolute atomic E-state index is 11.7. The van der Waals surface area contributed by atoms with Gasteiger partial charge in [0.05, 0.1) is 0 Å². The van der Waals surface area contributed by atoms with Gasteiger partial charge in [-0.3, -0.25) is 9.55 Å². The minimum absolute atomic E-state index is 0.183. The number of nitrogen functional groups attached to an aromatic ring is 1. The average Bonchev–Trinajstić information content (AvgIpc) is 2.84. The molecule has 0 amide bonds. The van der Waals surface area contributed by atoms with Crippen LogP contribution in [0, 0.1) is 0 Å². The first kappa shape index (κ1) is 13.7. The van der Waals surface area contributed by atoms with Gasteiger partial charge in [0.2, 0.25) is 0 Å². The Labute approximate surface area is 125 Å². The molecule has 7 heteroatoms. The molecular formula is C14H15N5OS. The van der Waals surface area contributed by atoms with Crippen LogP contribution in [0.1, 0.15) is 13.3 Å². The molecule has 3 N–H and O–H groups in total. The maximum Gasteiger partial charge on any atom is 0.343 e. The fourth-order valence-corrected chi connectivity index (χ4v) is 3.16. The van der Waals surface area contributed by atoms with E-state index in [1.54, 1.807) is 17.0 Å². The second-order valence-electron chi connectivity index (χ2n) is 4.64. The first-order valence-electron chi connectivity index (χ1n) is 6.66. The summed E-state index contributed by atoms with van der Waals surface area (Å²) in [5.74, 6) is 0. The number of nitrogens with two attached hydrogens (primary N) is 1. The molecule has 0 spiro atoms. The van der Waals surface area contributed by atoms with E-state index >= 15 is 0 Å². The molecule has 0 aliphatic carbocycles. The van der Waals surface area contributed by atoms with Crippen LogP contribution in [-0.4, -0.2) is 19.7 Å². The molecule has 3 rings (SSSR count). The zero-order valence-corrected chi connectivity index (χ0v) is 12.4. The third-order valence-electron chi connectivity index (χ3n) is 3.18. The highest BCUT2D eigenvalue weighted by Crippen LogP contribution is 2.34. The number of hydrogen-bond donors (Lipinski definition) is 2. The van der Waals surface area contributed by atoms with Crippen LogP contribution in [0.4, 0.5) is 5.69 Å². The van der Waals surface area contributed by atoms with Crippen LogP contribution in [0.5, 0.6) is 0 Å². The molecule has 0 unspecified atom stereocenters. The monoisotopic (exact) mass is 301 g/mol. The van der Waals surface area contributed by atoms with Crippen LogP contribution in [0.15, 0.2) is 45.4 Å². The van der Waals surface area contributed by atoms with Crippen LogP contribution in [0.2, 0.25) is 0 Å². The molecule has 0 saturated carbocycles. The van der Waals surface area contributed by atoms with E-state index in [-0.39, 0.29) is 5.69 Å². The van der Waals surface area contributed by atoms with Crippen molar-refractivity contribution in [3.63, 3.8) is 0 Å². The summed E-state index contributed by atoms with van der Waals surface area (Å²) >= 11 is 1.44. The lowest BCUT2D eigenvalue weighted by Gasteiger charge is -2.08. The summed E-state index contributed by atoms with van der Waals surface area (Å²) in [7, 11) is 0. The number of anilines is 1. The summed E-state index contributed by atoms with van der Waals surface area (Å²) < 4.78 is 1.64. The predicted molar refractivity (Wildman–Crippen MR) is 83.4 cm³/mol. The maximum atomic E-state index is 11.7. The minimum Gasteiger partial charge on any atom is -0.398 e. The fourth-order valence-electron chi connectivity index (χ4n) is 2.18. The summed E-state index contributed by atoms with van der Waals surface area (Å²) in [6.45, 7) is 2.67. The SMILES string of the molecule is CCCn1c(Sc2ccc(N)c3ccncc23)n[nH]c1=O. The summed E-state index contributed by atoms with van der Waals surface area (Å²) in [5.41, 5.74) is 6.52. The van der Waals surface area contributed by atoms with Crippen LogP contribution in [0.3, 0.4) is 0 Å². The van der Waals surface area contributed by atoms with Gasteiger partial charge in [0.25, 0.3) is 0 Å². The molecule has 0 atom stereocenters. The van der Waals surface area contributed by atoms with Gasteiger partial charge in [0.1, 0.15) is 0 Å². The van der Waals surface area contributed by atoms with Crippen molar-refractivity contribution in [1.29, 1.82) is 0 Å². The second-order valence-corrected chi connectivity index (χ2v) is 5.65. The molecule has 0 radical (unpaired) electrons. The van der Waals surface area contributed by atoms with E-state index in [9.17, 15) is 4.79 Å². The van der Waals surface area contributed by atoms with Gasteiger partial charge in [-0.1, -0.05) is 6.92 Å². The molecule has 108 valence electrons. The Bertz CT molecular complexity index is 839. The average molecular weight is 301 g/mol. The number of aromatic amines is 1. The van der Waals surface area contributed by atoms with E-state index in [0.717, 1.165) is 22.1 Å². The van der Waals surface area contributed by atoms with E-state index in [1.165, 1.54) is 11.8 Å². The molecular weight excluding hydrogens is 286 g/mol. The van der Waals surface area contributed by atoms with Crippen molar-refractivity contribution in [3.05, 3.63) is 41.1 Å². The predicted octanol–water partition coefficient (Wildman–Crippen LogP) is 2.26. The topological polar surface area (TPSA) is 89.6 Å². The zero-order valence-electron chi connectivity index (χ0n) is 11.5. The molecule has 0 aliphatic heterocycles. The van der Waals surface area contributed by atoms with E-state index in [0.29, 0.717) is 17.4 Å². The van der Waals surface area contributed by atoms with Crippen molar-refractivity contribution in [2.75, 3.05) is 5.73 Å².